The number of carboxylic acids is 1. The predicted molar refractivity (Wildman–Crippen MR) is 45.6 cm³/mol. The summed E-state index contributed by atoms with van der Waals surface area (Å²) in [6.45, 7) is 0. The molecule has 1 aromatic heterocycles. The Morgan fingerprint density at radius 2 is 1.86 bits per heavy atom. The zero-order valence-electron chi connectivity index (χ0n) is 7.07. The number of rotatable bonds is 3. The molecule has 0 aliphatic heterocycles. The molecule has 0 unspecified atom stereocenters. The third-order valence-corrected chi connectivity index (χ3v) is 2.18. The summed E-state index contributed by atoms with van der Waals surface area (Å²) < 4.78 is 11.8. The average molecular weight is 218 g/mol. The van der Waals surface area contributed by atoms with E-state index in [1.54, 1.807) is 0 Å². The minimum atomic E-state index is -4.11. The maximum atomic E-state index is 10.6. The lowest BCUT2D eigenvalue weighted by Crippen LogP contribution is -2.32. The largest absolute Gasteiger partial charge is 0.478 e. The number of pyridine rings is 1. The van der Waals surface area contributed by atoms with Crippen molar-refractivity contribution >= 4 is 13.6 Å². The molecule has 0 bridgehead atoms. The van der Waals surface area contributed by atoms with E-state index < -0.39 is 19.9 Å². The van der Waals surface area contributed by atoms with E-state index in [1.165, 1.54) is 29.1 Å². The van der Waals surface area contributed by atoms with Crippen LogP contribution in [0.4, 0.5) is 0 Å². The van der Waals surface area contributed by atoms with Gasteiger partial charge in [0.25, 0.3) is 0 Å². The van der Waals surface area contributed by atoms with Crippen LogP contribution >= 0.6 is 7.60 Å². The van der Waals surface area contributed by atoms with E-state index in [0.29, 0.717) is 0 Å². The normalized spacial score (nSPS) is 11.3. The average Bonchev–Trinajstić information content (AvgIpc) is 2.02. The van der Waals surface area contributed by atoms with Gasteiger partial charge in [0.1, 0.15) is 0 Å². The van der Waals surface area contributed by atoms with Crippen molar-refractivity contribution in [2.24, 2.45) is 0 Å². The second-order valence-electron chi connectivity index (χ2n) is 2.71. The molecule has 7 heteroatoms. The summed E-state index contributed by atoms with van der Waals surface area (Å²) in [6, 6.07) is 2.55. The lowest BCUT2D eigenvalue weighted by atomic mass is 10.3. The SMILES string of the molecule is O=C(O)c1cc[n+](CP(=O)(O)O)cc1. The molecular formula is C7H9NO5P+. The monoisotopic (exact) mass is 218 g/mol. The Morgan fingerprint density at radius 3 is 2.21 bits per heavy atom. The first kappa shape index (κ1) is 10.8. The van der Waals surface area contributed by atoms with Crippen LogP contribution in [0, 0.1) is 0 Å². The van der Waals surface area contributed by atoms with Crippen molar-refractivity contribution in [2.45, 2.75) is 6.29 Å². The standard InChI is InChI=1S/C7H8NO5P/c9-7(10)6-1-3-8(4-2-6)5-14(11,12)13/h1-4H,5H2,(H2-,9,10,11,12,13)/p+1. The van der Waals surface area contributed by atoms with Gasteiger partial charge in [-0.25, -0.2) is 4.79 Å². The van der Waals surface area contributed by atoms with Gasteiger partial charge in [-0.2, -0.15) is 4.57 Å². The summed E-state index contributed by atoms with van der Waals surface area (Å²) >= 11 is 0. The quantitative estimate of drug-likeness (QED) is 0.482. The lowest BCUT2D eigenvalue weighted by molar-refractivity contribution is -0.679. The van der Waals surface area contributed by atoms with Crippen molar-refractivity contribution in [1.29, 1.82) is 0 Å². The highest BCUT2D eigenvalue weighted by Crippen LogP contribution is 2.33. The fourth-order valence-corrected chi connectivity index (χ4v) is 1.52. The van der Waals surface area contributed by atoms with Gasteiger partial charge in [0.05, 0.1) is 5.56 Å². The molecule has 14 heavy (non-hydrogen) atoms. The summed E-state index contributed by atoms with van der Waals surface area (Å²) in [7, 11) is -4.11. The maximum Gasteiger partial charge on any atom is 0.390 e. The van der Waals surface area contributed by atoms with Crippen LogP contribution in [0.3, 0.4) is 0 Å². The van der Waals surface area contributed by atoms with Gasteiger partial charge in [0.15, 0.2) is 12.4 Å². The third-order valence-electron chi connectivity index (χ3n) is 1.49. The highest BCUT2D eigenvalue weighted by Gasteiger charge is 2.19. The van der Waals surface area contributed by atoms with Crippen LogP contribution in [0.2, 0.25) is 0 Å². The van der Waals surface area contributed by atoms with E-state index in [4.69, 9.17) is 14.9 Å². The predicted octanol–water partition coefficient (Wildman–Crippen LogP) is -0.193. The summed E-state index contributed by atoms with van der Waals surface area (Å²) in [4.78, 5) is 27.7. The highest BCUT2D eigenvalue weighted by molar-refractivity contribution is 7.50. The lowest BCUT2D eigenvalue weighted by Gasteiger charge is -1.99. The molecule has 0 spiro atoms. The van der Waals surface area contributed by atoms with Gasteiger partial charge in [0, 0.05) is 12.1 Å². The molecule has 0 atom stereocenters. The van der Waals surface area contributed by atoms with E-state index in [1.807, 2.05) is 0 Å². The second kappa shape index (κ2) is 3.88. The van der Waals surface area contributed by atoms with Crippen LogP contribution < -0.4 is 4.57 Å². The zero-order valence-corrected chi connectivity index (χ0v) is 7.96. The van der Waals surface area contributed by atoms with Crippen LogP contribution in [0.5, 0.6) is 0 Å². The van der Waals surface area contributed by atoms with E-state index >= 15 is 0 Å². The third kappa shape index (κ3) is 3.26. The summed E-state index contributed by atoms with van der Waals surface area (Å²) in [6.07, 6.45) is 2.16. The molecule has 0 saturated carbocycles. The maximum absolute atomic E-state index is 10.6. The number of carboxylic acid groups (broad SMARTS) is 1. The molecular weight excluding hydrogens is 209 g/mol. The van der Waals surface area contributed by atoms with Gasteiger partial charge in [-0.05, 0) is 0 Å². The Kier molecular flexibility index (Phi) is 3.00. The van der Waals surface area contributed by atoms with Crippen LogP contribution in [-0.2, 0) is 10.9 Å². The van der Waals surface area contributed by atoms with Crippen molar-refractivity contribution in [3.05, 3.63) is 30.1 Å². The molecule has 1 aromatic rings. The van der Waals surface area contributed by atoms with Crippen molar-refractivity contribution in [3.8, 4) is 0 Å². The number of carbonyl (C=O) groups is 1. The van der Waals surface area contributed by atoms with Crippen LogP contribution in [0.25, 0.3) is 0 Å². The Hall–Kier alpha value is -1.23. The van der Waals surface area contributed by atoms with Crippen LogP contribution in [-0.4, -0.2) is 20.9 Å². The summed E-state index contributed by atoms with van der Waals surface area (Å²) in [5.41, 5.74) is 0.0759. The van der Waals surface area contributed by atoms with Gasteiger partial charge in [0.2, 0.25) is 6.29 Å². The molecule has 0 aromatic carbocycles. The number of nitrogens with zero attached hydrogens (tertiary/aromatic N) is 1. The van der Waals surface area contributed by atoms with Gasteiger partial charge < -0.3 is 14.9 Å². The van der Waals surface area contributed by atoms with Crippen molar-refractivity contribution < 1.29 is 28.8 Å². The Balaban J connectivity index is 2.84. The highest BCUT2D eigenvalue weighted by atomic mass is 31.2. The first-order valence-corrected chi connectivity index (χ1v) is 5.45. The van der Waals surface area contributed by atoms with Crippen molar-refractivity contribution in [3.63, 3.8) is 0 Å². The molecule has 0 aliphatic carbocycles. The Bertz CT molecular complexity index is 382. The molecule has 1 heterocycles. The molecule has 6 nitrogen and oxygen atoms in total. The van der Waals surface area contributed by atoms with E-state index in [0.717, 1.165) is 0 Å². The van der Waals surface area contributed by atoms with Crippen LogP contribution in [0.15, 0.2) is 24.5 Å². The Morgan fingerprint density at radius 1 is 1.36 bits per heavy atom. The summed E-state index contributed by atoms with van der Waals surface area (Å²) in [5, 5.41) is 8.55. The van der Waals surface area contributed by atoms with Crippen molar-refractivity contribution in [1.82, 2.24) is 0 Å². The molecule has 1 rings (SSSR count). The van der Waals surface area contributed by atoms with Crippen molar-refractivity contribution in [2.75, 3.05) is 0 Å². The molecule has 0 amide bonds. The molecule has 3 N–H and O–H groups in total. The number of aromatic carboxylic acids is 1. The van der Waals surface area contributed by atoms with E-state index in [2.05, 4.69) is 0 Å². The molecule has 0 aliphatic rings. The van der Waals surface area contributed by atoms with Gasteiger partial charge >= 0.3 is 13.6 Å². The molecule has 0 radical (unpaired) electrons. The van der Waals surface area contributed by atoms with E-state index in [9.17, 15) is 9.36 Å². The summed E-state index contributed by atoms with van der Waals surface area (Å²) in [5.74, 6) is -1.08. The minimum Gasteiger partial charge on any atom is -0.478 e. The second-order valence-corrected chi connectivity index (χ2v) is 4.32. The molecule has 0 fully saturated rings. The minimum absolute atomic E-state index is 0.0759. The van der Waals surface area contributed by atoms with Crippen LogP contribution in [0.1, 0.15) is 10.4 Å². The number of hydrogen-bond donors (Lipinski definition) is 3. The number of hydrogen-bond acceptors (Lipinski definition) is 2. The molecule has 76 valence electrons. The fraction of sp³-hybridized carbons (Fsp3) is 0.143. The molecule has 0 saturated heterocycles. The topological polar surface area (TPSA) is 98.7 Å². The fourth-order valence-electron chi connectivity index (χ4n) is 0.907. The number of aromatic nitrogens is 1. The smallest absolute Gasteiger partial charge is 0.390 e. The first-order valence-electron chi connectivity index (χ1n) is 3.65. The van der Waals surface area contributed by atoms with Gasteiger partial charge in [-0.3, -0.25) is 4.57 Å². The van der Waals surface area contributed by atoms with Gasteiger partial charge in [-0.1, -0.05) is 0 Å². The van der Waals surface area contributed by atoms with E-state index in [-0.39, 0.29) is 5.56 Å². The Labute approximate surface area is 79.6 Å². The van der Waals surface area contributed by atoms with Gasteiger partial charge in [-0.15, -0.1) is 0 Å². The zero-order chi connectivity index (χ0) is 10.8. The first-order chi connectivity index (χ1) is 6.38.